The van der Waals surface area contributed by atoms with Gasteiger partial charge in [-0.05, 0) is 18.9 Å². The Bertz CT molecular complexity index is 327. The average Bonchev–Trinajstić information content (AvgIpc) is 2.36. The zero-order valence-corrected chi connectivity index (χ0v) is 10.1. The first-order valence-corrected chi connectivity index (χ1v) is 5.80. The molecule has 1 unspecified atom stereocenters. The molecule has 0 saturated carbocycles. The minimum Gasteiger partial charge on any atom is -0.465 e. The van der Waals surface area contributed by atoms with Gasteiger partial charge in [0.15, 0.2) is 0 Å². The molecule has 94 valence electrons. The van der Waals surface area contributed by atoms with Crippen LogP contribution < -0.4 is 5.32 Å². The van der Waals surface area contributed by atoms with Gasteiger partial charge in [0, 0.05) is 6.04 Å². The third-order valence-electron chi connectivity index (χ3n) is 2.39. The van der Waals surface area contributed by atoms with Crippen LogP contribution in [0.5, 0.6) is 0 Å². The van der Waals surface area contributed by atoms with Gasteiger partial charge in [-0.3, -0.25) is 4.79 Å². The summed E-state index contributed by atoms with van der Waals surface area (Å²) < 4.78 is 4.80. The molecule has 0 aliphatic rings. The monoisotopic (exact) mass is 237 g/mol. The predicted molar refractivity (Wildman–Crippen MR) is 65.7 cm³/mol. The fourth-order valence-corrected chi connectivity index (χ4v) is 1.54. The first-order valence-electron chi connectivity index (χ1n) is 5.80. The third kappa shape index (κ3) is 5.47. The molecular weight excluding hydrogens is 218 g/mol. The van der Waals surface area contributed by atoms with Crippen molar-refractivity contribution in [2.45, 2.75) is 19.4 Å². The van der Waals surface area contributed by atoms with Gasteiger partial charge >= 0.3 is 5.97 Å². The molecule has 0 aliphatic heterocycles. The second-order valence-corrected chi connectivity index (χ2v) is 3.76. The topological polar surface area (TPSA) is 58.6 Å². The number of carbonyl (C=O) groups excluding carboxylic acids is 1. The van der Waals surface area contributed by atoms with Crippen LogP contribution in [0.2, 0.25) is 0 Å². The molecule has 0 aliphatic carbocycles. The van der Waals surface area contributed by atoms with Crippen molar-refractivity contribution in [3.63, 3.8) is 0 Å². The molecule has 0 heterocycles. The van der Waals surface area contributed by atoms with Crippen molar-refractivity contribution in [1.82, 2.24) is 5.32 Å². The van der Waals surface area contributed by atoms with Crippen LogP contribution in [0.15, 0.2) is 30.3 Å². The summed E-state index contributed by atoms with van der Waals surface area (Å²) in [6, 6.07) is 9.72. The lowest BCUT2D eigenvalue weighted by atomic mass is 10.1. The molecule has 1 aromatic rings. The van der Waals surface area contributed by atoms with Crippen LogP contribution >= 0.6 is 0 Å². The van der Waals surface area contributed by atoms with E-state index in [4.69, 9.17) is 4.74 Å². The van der Waals surface area contributed by atoms with Crippen LogP contribution in [0.1, 0.15) is 12.5 Å². The molecule has 1 rings (SSSR count). The number of aliphatic hydroxyl groups is 1. The number of carbonyl (C=O) groups is 1. The van der Waals surface area contributed by atoms with Crippen LogP contribution in [-0.4, -0.2) is 36.9 Å². The summed E-state index contributed by atoms with van der Waals surface area (Å²) in [4.78, 5) is 11.1. The molecule has 0 spiro atoms. The molecule has 1 aromatic carbocycles. The SMILES string of the molecule is CCOC(=O)CNC(CO)Cc1ccccc1. The summed E-state index contributed by atoms with van der Waals surface area (Å²) in [6.07, 6.45) is 0.691. The highest BCUT2D eigenvalue weighted by Crippen LogP contribution is 2.02. The summed E-state index contributed by atoms with van der Waals surface area (Å²) >= 11 is 0. The Balaban J connectivity index is 2.36. The van der Waals surface area contributed by atoms with Crippen molar-refractivity contribution < 1.29 is 14.6 Å². The summed E-state index contributed by atoms with van der Waals surface area (Å²) in [5.74, 6) is -0.293. The van der Waals surface area contributed by atoms with Gasteiger partial charge in [0.1, 0.15) is 0 Å². The quantitative estimate of drug-likeness (QED) is 0.687. The van der Waals surface area contributed by atoms with E-state index in [-0.39, 0.29) is 25.2 Å². The van der Waals surface area contributed by atoms with Gasteiger partial charge in [0.25, 0.3) is 0 Å². The van der Waals surface area contributed by atoms with Gasteiger partial charge in [0.05, 0.1) is 19.8 Å². The number of aliphatic hydroxyl groups excluding tert-OH is 1. The van der Waals surface area contributed by atoms with Crippen LogP contribution in [0.25, 0.3) is 0 Å². The average molecular weight is 237 g/mol. The second-order valence-electron chi connectivity index (χ2n) is 3.76. The fourth-order valence-electron chi connectivity index (χ4n) is 1.54. The van der Waals surface area contributed by atoms with Crippen LogP contribution in [-0.2, 0) is 16.0 Å². The van der Waals surface area contributed by atoms with Gasteiger partial charge in [-0.15, -0.1) is 0 Å². The molecule has 4 nitrogen and oxygen atoms in total. The molecule has 2 N–H and O–H groups in total. The highest BCUT2D eigenvalue weighted by Gasteiger charge is 2.10. The van der Waals surface area contributed by atoms with Crippen molar-refractivity contribution in [2.24, 2.45) is 0 Å². The van der Waals surface area contributed by atoms with E-state index in [1.54, 1.807) is 6.92 Å². The van der Waals surface area contributed by atoms with E-state index in [0.29, 0.717) is 13.0 Å². The Hall–Kier alpha value is -1.39. The number of hydrogen-bond donors (Lipinski definition) is 2. The molecular formula is C13H19NO3. The number of hydrogen-bond acceptors (Lipinski definition) is 4. The van der Waals surface area contributed by atoms with Gasteiger partial charge in [-0.2, -0.15) is 0 Å². The molecule has 0 aromatic heterocycles. The number of esters is 1. The third-order valence-corrected chi connectivity index (χ3v) is 2.39. The van der Waals surface area contributed by atoms with Crippen LogP contribution in [0, 0.1) is 0 Å². The highest BCUT2D eigenvalue weighted by atomic mass is 16.5. The van der Waals surface area contributed by atoms with E-state index >= 15 is 0 Å². The summed E-state index contributed by atoms with van der Waals surface area (Å²) in [7, 11) is 0. The van der Waals surface area contributed by atoms with Crippen molar-refractivity contribution in [2.75, 3.05) is 19.8 Å². The largest absolute Gasteiger partial charge is 0.465 e. The van der Waals surface area contributed by atoms with E-state index in [1.807, 2.05) is 30.3 Å². The van der Waals surface area contributed by atoms with Gasteiger partial charge < -0.3 is 15.2 Å². The van der Waals surface area contributed by atoms with Crippen molar-refractivity contribution in [1.29, 1.82) is 0 Å². The standard InChI is InChI=1S/C13H19NO3/c1-2-17-13(16)9-14-12(10-15)8-11-6-4-3-5-7-11/h3-7,12,14-15H,2,8-10H2,1H3. The minimum absolute atomic E-state index is 0.00566. The molecule has 1 atom stereocenters. The van der Waals surface area contributed by atoms with Gasteiger partial charge in [-0.1, -0.05) is 30.3 Å². The Morgan fingerprint density at radius 1 is 1.41 bits per heavy atom. The Morgan fingerprint density at radius 3 is 2.71 bits per heavy atom. The van der Waals surface area contributed by atoms with E-state index in [9.17, 15) is 9.90 Å². The maximum absolute atomic E-state index is 11.1. The van der Waals surface area contributed by atoms with E-state index in [0.717, 1.165) is 5.56 Å². The first-order chi connectivity index (χ1) is 8.26. The van der Waals surface area contributed by atoms with Gasteiger partial charge in [-0.25, -0.2) is 0 Å². The number of nitrogens with one attached hydrogen (secondary N) is 1. The predicted octanol–water partition coefficient (Wildman–Crippen LogP) is 0.743. The summed E-state index contributed by atoms with van der Waals surface area (Å²) in [5, 5.41) is 12.2. The maximum atomic E-state index is 11.1. The normalized spacial score (nSPS) is 12.1. The molecule has 0 amide bonds. The van der Waals surface area contributed by atoms with E-state index < -0.39 is 0 Å². The Morgan fingerprint density at radius 2 is 2.12 bits per heavy atom. The molecule has 0 radical (unpaired) electrons. The zero-order valence-electron chi connectivity index (χ0n) is 10.1. The summed E-state index contributed by atoms with van der Waals surface area (Å²) in [5.41, 5.74) is 1.13. The molecule has 17 heavy (non-hydrogen) atoms. The van der Waals surface area contributed by atoms with E-state index in [2.05, 4.69) is 5.32 Å². The van der Waals surface area contributed by atoms with Crippen LogP contribution in [0.3, 0.4) is 0 Å². The number of ether oxygens (including phenoxy) is 1. The lowest BCUT2D eigenvalue weighted by Gasteiger charge is -2.15. The van der Waals surface area contributed by atoms with Crippen molar-refractivity contribution >= 4 is 5.97 Å². The van der Waals surface area contributed by atoms with Gasteiger partial charge in [0.2, 0.25) is 0 Å². The molecule has 4 heteroatoms. The summed E-state index contributed by atoms with van der Waals surface area (Å²) in [6.45, 7) is 2.27. The lowest BCUT2D eigenvalue weighted by molar-refractivity contribution is -0.142. The molecule has 0 saturated heterocycles. The van der Waals surface area contributed by atoms with Crippen LogP contribution in [0.4, 0.5) is 0 Å². The highest BCUT2D eigenvalue weighted by molar-refractivity contribution is 5.71. The molecule has 0 fully saturated rings. The number of benzene rings is 1. The number of rotatable bonds is 7. The smallest absolute Gasteiger partial charge is 0.319 e. The maximum Gasteiger partial charge on any atom is 0.319 e. The second kappa shape index (κ2) is 7.81. The molecule has 0 bridgehead atoms. The fraction of sp³-hybridized carbons (Fsp3) is 0.462. The Labute approximate surface area is 102 Å². The van der Waals surface area contributed by atoms with Crippen molar-refractivity contribution in [3.05, 3.63) is 35.9 Å². The van der Waals surface area contributed by atoms with Crippen molar-refractivity contribution in [3.8, 4) is 0 Å². The minimum atomic E-state index is -0.293. The zero-order chi connectivity index (χ0) is 12.5. The Kier molecular flexibility index (Phi) is 6.29. The lowest BCUT2D eigenvalue weighted by Crippen LogP contribution is -2.38. The van der Waals surface area contributed by atoms with E-state index in [1.165, 1.54) is 0 Å². The first kappa shape index (κ1) is 13.7.